The highest BCUT2D eigenvalue weighted by atomic mass is 16.2. The third-order valence-electron chi connectivity index (χ3n) is 2.78. The number of rotatable bonds is 4. The minimum Gasteiger partial charge on any atom is -0.370 e. The van der Waals surface area contributed by atoms with E-state index in [1.807, 2.05) is 30.3 Å². The Morgan fingerprint density at radius 3 is 2.61 bits per heavy atom. The molecular formula is C13H15N3O2. The molecular weight excluding hydrogens is 230 g/mol. The van der Waals surface area contributed by atoms with Gasteiger partial charge >= 0.3 is 0 Å². The summed E-state index contributed by atoms with van der Waals surface area (Å²) in [5, 5.41) is 5.71. The summed E-state index contributed by atoms with van der Waals surface area (Å²) in [6.07, 6.45) is 0.943. The Bertz CT molecular complexity index is 482. The van der Waals surface area contributed by atoms with Gasteiger partial charge in [-0.3, -0.25) is 9.59 Å². The summed E-state index contributed by atoms with van der Waals surface area (Å²) in [5.41, 5.74) is 6.95. The smallest absolute Gasteiger partial charge is 0.243 e. The Balaban J connectivity index is 2.00. The lowest BCUT2D eigenvalue weighted by Gasteiger charge is -2.09. The van der Waals surface area contributed by atoms with Crippen LogP contribution in [0.5, 0.6) is 0 Å². The van der Waals surface area contributed by atoms with E-state index < -0.39 is 5.91 Å². The molecule has 5 heteroatoms. The van der Waals surface area contributed by atoms with Crippen molar-refractivity contribution in [2.75, 3.05) is 6.54 Å². The molecule has 1 aliphatic heterocycles. The van der Waals surface area contributed by atoms with Crippen molar-refractivity contribution in [3.8, 4) is 0 Å². The quantitative estimate of drug-likeness (QED) is 0.855. The first-order chi connectivity index (χ1) is 8.66. The van der Waals surface area contributed by atoms with E-state index in [0.717, 1.165) is 17.7 Å². The Morgan fingerprint density at radius 2 is 1.94 bits per heavy atom. The second-order valence-corrected chi connectivity index (χ2v) is 4.15. The molecule has 0 fully saturated rings. The first kappa shape index (κ1) is 12.3. The van der Waals surface area contributed by atoms with Crippen LogP contribution in [-0.2, 0) is 9.59 Å². The van der Waals surface area contributed by atoms with E-state index in [2.05, 4.69) is 5.10 Å². The zero-order valence-corrected chi connectivity index (χ0v) is 10.0. The Morgan fingerprint density at radius 1 is 1.22 bits per heavy atom. The third kappa shape index (κ3) is 2.94. The molecule has 2 amide bonds. The van der Waals surface area contributed by atoms with Crippen molar-refractivity contribution in [2.45, 2.75) is 19.3 Å². The number of hydrazone groups is 1. The Labute approximate surface area is 105 Å². The van der Waals surface area contributed by atoms with Gasteiger partial charge in [0.2, 0.25) is 11.8 Å². The lowest BCUT2D eigenvalue weighted by Crippen LogP contribution is -2.25. The van der Waals surface area contributed by atoms with Gasteiger partial charge in [-0.25, -0.2) is 5.01 Å². The Hall–Kier alpha value is -2.17. The first-order valence-electron chi connectivity index (χ1n) is 5.88. The fourth-order valence-corrected chi connectivity index (χ4v) is 1.83. The molecule has 0 bridgehead atoms. The maximum absolute atomic E-state index is 11.7. The maximum atomic E-state index is 11.7. The van der Waals surface area contributed by atoms with E-state index >= 15 is 0 Å². The van der Waals surface area contributed by atoms with E-state index in [-0.39, 0.29) is 18.7 Å². The van der Waals surface area contributed by atoms with E-state index in [1.54, 1.807) is 0 Å². The van der Waals surface area contributed by atoms with Crippen LogP contribution in [0.2, 0.25) is 0 Å². The molecule has 0 aromatic heterocycles. The van der Waals surface area contributed by atoms with Gasteiger partial charge in [-0.2, -0.15) is 5.10 Å². The van der Waals surface area contributed by atoms with Crippen LogP contribution in [0.1, 0.15) is 24.8 Å². The van der Waals surface area contributed by atoms with Crippen LogP contribution < -0.4 is 5.73 Å². The van der Waals surface area contributed by atoms with Gasteiger partial charge in [0.15, 0.2) is 0 Å². The van der Waals surface area contributed by atoms with Gasteiger partial charge in [0, 0.05) is 19.3 Å². The minimum atomic E-state index is -0.463. The van der Waals surface area contributed by atoms with Crippen LogP contribution in [0, 0.1) is 0 Å². The molecule has 0 saturated carbocycles. The molecule has 0 radical (unpaired) electrons. The zero-order valence-electron chi connectivity index (χ0n) is 10.0. The van der Waals surface area contributed by atoms with Gasteiger partial charge in [0.25, 0.3) is 0 Å². The van der Waals surface area contributed by atoms with Crippen LogP contribution in [-0.4, -0.2) is 29.1 Å². The average molecular weight is 245 g/mol. The van der Waals surface area contributed by atoms with Gasteiger partial charge < -0.3 is 5.73 Å². The fraction of sp³-hybridized carbons (Fsp3) is 0.308. The molecule has 1 heterocycles. The summed E-state index contributed by atoms with van der Waals surface area (Å²) >= 11 is 0. The van der Waals surface area contributed by atoms with Crippen LogP contribution in [0.4, 0.5) is 0 Å². The molecule has 0 saturated heterocycles. The van der Waals surface area contributed by atoms with Crippen LogP contribution in [0.15, 0.2) is 35.4 Å². The Kier molecular flexibility index (Phi) is 3.72. The molecule has 2 N–H and O–H groups in total. The molecule has 18 heavy (non-hydrogen) atoms. The number of nitrogens with two attached hydrogens (primary N) is 1. The summed E-state index contributed by atoms with van der Waals surface area (Å²) < 4.78 is 0. The highest BCUT2D eigenvalue weighted by molar-refractivity contribution is 6.02. The van der Waals surface area contributed by atoms with Crippen molar-refractivity contribution in [2.24, 2.45) is 10.8 Å². The summed E-state index contributed by atoms with van der Waals surface area (Å²) in [6.45, 7) is 0.571. The molecule has 5 nitrogen and oxygen atoms in total. The predicted octanol–water partition coefficient (Wildman–Crippen LogP) is 0.888. The number of carbonyl (C=O) groups excluding carboxylic acids is 2. The number of hydrogen-bond acceptors (Lipinski definition) is 3. The van der Waals surface area contributed by atoms with Crippen LogP contribution in [0.3, 0.4) is 0 Å². The van der Waals surface area contributed by atoms with Crippen molar-refractivity contribution >= 4 is 17.5 Å². The summed E-state index contributed by atoms with van der Waals surface area (Å²) in [7, 11) is 0. The van der Waals surface area contributed by atoms with Crippen molar-refractivity contribution in [1.82, 2.24) is 5.01 Å². The number of nitrogens with zero attached hydrogens (tertiary/aromatic N) is 2. The second-order valence-electron chi connectivity index (χ2n) is 4.15. The predicted molar refractivity (Wildman–Crippen MR) is 67.7 cm³/mol. The number of primary amides is 1. The molecule has 1 aliphatic rings. The lowest BCUT2D eigenvalue weighted by molar-refractivity contribution is -0.132. The maximum Gasteiger partial charge on any atom is 0.243 e. The molecule has 0 unspecified atom stereocenters. The minimum absolute atomic E-state index is 0.0749. The molecule has 0 spiro atoms. The van der Waals surface area contributed by atoms with E-state index in [9.17, 15) is 9.59 Å². The van der Waals surface area contributed by atoms with E-state index in [0.29, 0.717) is 6.54 Å². The van der Waals surface area contributed by atoms with E-state index in [1.165, 1.54) is 5.01 Å². The third-order valence-corrected chi connectivity index (χ3v) is 2.78. The standard InChI is InChI=1S/C13H15N3O2/c14-12(17)6-7-13(18)16-9-8-11(15-16)10-4-2-1-3-5-10/h1-5H,6-9H2,(H2,14,17). The van der Waals surface area contributed by atoms with Gasteiger partial charge in [-0.05, 0) is 5.56 Å². The molecule has 0 atom stereocenters. The number of hydrogen-bond donors (Lipinski definition) is 1. The van der Waals surface area contributed by atoms with Crippen molar-refractivity contribution in [3.05, 3.63) is 35.9 Å². The van der Waals surface area contributed by atoms with Gasteiger partial charge in [0.05, 0.1) is 12.3 Å². The fourth-order valence-electron chi connectivity index (χ4n) is 1.83. The summed E-state index contributed by atoms with van der Waals surface area (Å²) in [4.78, 5) is 22.4. The molecule has 94 valence electrons. The number of benzene rings is 1. The SMILES string of the molecule is NC(=O)CCC(=O)N1CCC(c2ccccc2)=N1. The van der Waals surface area contributed by atoms with E-state index in [4.69, 9.17) is 5.73 Å². The molecule has 0 aliphatic carbocycles. The lowest BCUT2D eigenvalue weighted by atomic mass is 10.1. The average Bonchev–Trinajstić information content (AvgIpc) is 2.86. The second kappa shape index (κ2) is 5.44. The first-order valence-corrected chi connectivity index (χ1v) is 5.88. The summed E-state index contributed by atoms with van der Waals surface area (Å²) in [6, 6.07) is 9.76. The van der Waals surface area contributed by atoms with Crippen molar-refractivity contribution in [3.63, 3.8) is 0 Å². The monoisotopic (exact) mass is 245 g/mol. The van der Waals surface area contributed by atoms with Crippen LogP contribution in [0.25, 0.3) is 0 Å². The van der Waals surface area contributed by atoms with Gasteiger partial charge in [0.1, 0.15) is 0 Å². The number of amides is 2. The molecule has 1 aromatic carbocycles. The zero-order chi connectivity index (χ0) is 13.0. The van der Waals surface area contributed by atoms with Crippen molar-refractivity contribution < 1.29 is 9.59 Å². The topological polar surface area (TPSA) is 75.8 Å². The van der Waals surface area contributed by atoms with Gasteiger partial charge in [-0.15, -0.1) is 0 Å². The number of carbonyl (C=O) groups is 2. The van der Waals surface area contributed by atoms with Gasteiger partial charge in [-0.1, -0.05) is 30.3 Å². The molecule has 1 aromatic rings. The normalized spacial score (nSPS) is 14.4. The highest BCUT2D eigenvalue weighted by Crippen LogP contribution is 2.14. The summed E-state index contributed by atoms with van der Waals surface area (Å²) in [5.74, 6) is -0.616. The highest BCUT2D eigenvalue weighted by Gasteiger charge is 2.21. The largest absolute Gasteiger partial charge is 0.370 e. The molecule has 2 rings (SSSR count). The van der Waals surface area contributed by atoms with Crippen LogP contribution >= 0.6 is 0 Å². The van der Waals surface area contributed by atoms with Crippen molar-refractivity contribution in [1.29, 1.82) is 0 Å².